The van der Waals surface area contributed by atoms with Gasteiger partial charge in [-0.05, 0) is 241 Å². The molecular weight excluding hydrogens is 1840 g/mol. The van der Waals surface area contributed by atoms with Gasteiger partial charge < -0.3 is 59.7 Å². The average molecular weight is 1920 g/mol. The van der Waals surface area contributed by atoms with E-state index in [1.807, 2.05) is 97.1 Å². The molecule has 5 aromatic heterocycles. The second-order valence-electron chi connectivity index (χ2n) is 29.6. The Balaban J connectivity index is 0.000000113. The number of carbonyl (C=O) groups excluding carboxylic acids is 3. The largest absolute Gasteiger partial charge is 0.513 e. The molecule has 620 valence electrons. The molecule has 0 bridgehead atoms. The SMILES string of the molecule is CCOC(=O)Oc1ccc(C2c3[nH]c4ccc(Cl)cc4c3CCN2C(=O)OCC)cc1.COC(=O)N1CCc2c([nH]c3ccc(Cl)cc23)C1c1ccc(F)c(F)c1.Clc1ccc(C2NCCc3c2[nH]c2ccc(Br)cc32)c(Cl)c1.Clc1cccc(C2NCCc3c2[nH]c2ccc(Br)cc32)c1.ON1CCc2c([nH]c3ccc(Br)cc23)C1c1ccccc1. The predicted octanol–water partition coefficient (Wildman–Crippen LogP) is 24.8. The van der Waals surface area contributed by atoms with Crippen molar-refractivity contribution in [2.24, 2.45) is 0 Å². The molecule has 121 heavy (non-hydrogen) atoms. The van der Waals surface area contributed by atoms with Gasteiger partial charge in [0.25, 0.3) is 0 Å². The second kappa shape index (κ2) is 37.2. The topological polar surface area (TPSA) is 221 Å². The Morgan fingerprint density at radius 2 is 0.860 bits per heavy atom. The maximum atomic E-state index is 13.8. The van der Waals surface area contributed by atoms with E-state index in [9.17, 15) is 28.4 Å². The summed E-state index contributed by atoms with van der Waals surface area (Å²) in [6.07, 6.45) is 2.54. The van der Waals surface area contributed by atoms with Gasteiger partial charge in [0, 0.05) is 154 Å². The maximum Gasteiger partial charge on any atom is 0.513 e. The maximum absolute atomic E-state index is 13.8. The molecule has 15 aromatic rings. The normalized spacial score (nSPS) is 17.1. The van der Waals surface area contributed by atoms with Gasteiger partial charge in [0.1, 0.15) is 23.9 Å². The molecular formula is C93H80Br3Cl5F2N10O8. The average Bonchev–Trinajstić information content (AvgIpc) is 1.64. The summed E-state index contributed by atoms with van der Waals surface area (Å²) in [5, 5.41) is 28.2. The molecule has 18 nitrogen and oxygen atoms in total. The van der Waals surface area contributed by atoms with Gasteiger partial charge in [-0.25, -0.2) is 23.2 Å². The van der Waals surface area contributed by atoms with Gasteiger partial charge >= 0.3 is 18.3 Å². The number of hydrogen-bond donors (Lipinski definition) is 8. The van der Waals surface area contributed by atoms with Crippen molar-refractivity contribution in [1.29, 1.82) is 0 Å². The third-order valence-corrected chi connectivity index (χ3v) is 25.2. The number of nitrogens with one attached hydrogen (secondary N) is 7. The Morgan fingerprint density at radius 3 is 1.39 bits per heavy atom. The highest BCUT2D eigenvalue weighted by Crippen LogP contribution is 2.45. The fourth-order valence-corrected chi connectivity index (χ4v) is 19.3. The van der Waals surface area contributed by atoms with Gasteiger partial charge in [0.2, 0.25) is 0 Å². The van der Waals surface area contributed by atoms with E-state index in [2.05, 4.69) is 150 Å². The number of rotatable bonds is 8. The molecule has 5 atom stereocenters. The molecule has 0 spiro atoms. The van der Waals surface area contributed by atoms with E-state index in [1.165, 1.54) is 78.5 Å². The van der Waals surface area contributed by atoms with Crippen molar-refractivity contribution in [3.63, 3.8) is 0 Å². The summed E-state index contributed by atoms with van der Waals surface area (Å²) >= 11 is 41.6. The summed E-state index contributed by atoms with van der Waals surface area (Å²) in [6, 6.07) is 64.0. The lowest BCUT2D eigenvalue weighted by Crippen LogP contribution is -2.40. The minimum Gasteiger partial charge on any atom is -0.453 e. The summed E-state index contributed by atoms with van der Waals surface area (Å²) in [5.74, 6) is -1.53. The summed E-state index contributed by atoms with van der Waals surface area (Å²) in [5.41, 5.74) is 21.5. The molecule has 5 aliphatic heterocycles. The van der Waals surface area contributed by atoms with E-state index in [4.69, 9.17) is 77.0 Å². The number of aromatic amines is 5. The zero-order valence-corrected chi connectivity index (χ0v) is 74.0. The van der Waals surface area contributed by atoms with Crippen LogP contribution in [0.5, 0.6) is 5.75 Å². The van der Waals surface area contributed by atoms with Crippen LogP contribution < -0.4 is 15.4 Å². The number of ether oxygens (including phenoxy) is 4. The third-order valence-electron chi connectivity index (χ3n) is 22.5. The van der Waals surface area contributed by atoms with Crippen molar-refractivity contribution in [1.82, 2.24) is 50.4 Å². The number of methoxy groups -OCH3 is 1. The number of nitrogens with zero attached hydrogens (tertiary/aromatic N) is 3. The van der Waals surface area contributed by atoms with E-state index in [-0.39, 0.29) is 36.9 Å². The Bertz CT molecular complexity index is 6400. The first-order valence-corrected chi connectivity index (χ1v) is 43.7. The van der Waals surface area contributed by atoms with Crippen LogP contribution in [0.1, 0.15) is 128 Å². The first-order valence-electron chi connectivity index (χ1n) is 39.5. The predicted molar refractivity (Wildman–Crippen MR) is 484 cm³/mol. The van der Waals surface area contributed by atoms with E-state index in [1.54, 1.807) is 43.0 Å². The lowest BCUT2D eigenvalue weighted by Gasteiger charge is -2.35. The molecule has 8 N–H and O–H groups in total. The fraction of sp³-hybridized carbons (Fsp3) is 0.215. The first kappa shape index (κ1) is 84.9. The van der Waals surface area contributed by atoms with Gasteiger partial charge in [0.05, 0.1) is 32.4 Å². The van der Waals surface area contributed by atoms with Gasteiger partial charge in [0.15, 0.2) is 11.6 Å². The van der Waals surface area contributed by atoms with Crippen LogP contribution in [0, 0.1) is 11.6 Å². The highest BCUT2D eigenvalue weighted by molar-refractivity contribution is 9.11. The molecule has 10 heterocycles. The van der Waals surface area contributed by atoms with Crippen LogP contribution in [0.2, 0.25) is 25.1 Å². The lowest BCUT2D eigenvalue weighted by atomic mass is 9.92. The van der Waals surface area contributed by atoms with Crippen molar-refractivity contribution >= 4 is 179 Å². The first-order chi connectivity index (χ1) is 58.6. The molecule has 10 aromatic carbocycles. The Kier molecular flexibility index (Phi) is 26.1. The molecule has 0 aliphatic carbocycles. The minimum atomic E-state index is -0.960. The van der Waals surface area contributed by atoms with Crippen molar-refractivity contribution in [3.05, 3.63) is 341 Å². The van der Waals surface area contributed by atoms with Crippen molar-refractivity contribution in [2.45, 2.75) is 76.2 Å². The number of amides is 2. The van der Waals surface area contributed by atoms with E-state index in [0.29, 0.717) is 70.5 Å². The van der Waals surface area contributed by atoms with Gasteiger partial charge in [-0.1, -0.05) is 173 Å². The third kappa shape index (κ3) is 18.0. The van der Waals surface area contributed by atoms with Crippen LogP contribution in [-0.4, -0.2) is 116 Å². The number of hydrogen-bond acceptors (Lipinski definition) is 11. The molecule has 0 fully saturated rings. The molecule has 28 heteroatoms. The number of aromatic nitrogens is 5. The highest BCUT2D eigenvalue weighted by atomic mass is 79.9. The Hall–Kier alpha value is -9.70. The molecule has 5 aliphatic rings. The Labute approximate surface area is 745 Å². The standard InChI is InChI=1S/C23H23ClN2O5.C19H15ClF2N2O2.C17H13BrCl2N2.C17H14BrClN2.C17H15BrN2O/c1-3-29-22(27)26-12-11-17-18-13-15(24)7-10-19(18)25-20(17)21(26)14-5-8-16(9-6-14)31-23(28)30-4-2;1-26-19(25)24-7-6-12-13-9-11(20)3-5-16(13)23-17(12)18(24)10-2-4-14(21)15(22)8-10;18-9-1-4-15-13(7-9)11-5-6-21-16(17(11)22-15)12-3-2-10(19)8-14(12)20;18-11-4-5-15-14(9-11)13-6-7-20-16(17(13)21-15)10-2-1-3-12(19)8-10;18-12-6-7-15-14(10-12)13-8-9-20(21)17(16(13)19-15)11-4-2-1-3-5-11/h5-10,13,21,25H,3-4,11-12H2,1-2H3;2-5,8-9,18,23H,6-7H2,1H3;1-4,7-8,16,21-22H,5-6H2;1-5,8-9,16,20-21H,6-7H2;1-7,10,17,19,21H,8-9H2. The van der Waals surface area contributed by atoms with Gasteiger partial charge in [-0.15, -0.1) is 0 Å². The second-order valence-corrected chi connectivity index (χ2v) is 34.5. The molecule has 0 radical (unpaired) electrons. The minimum absolute atomic E-state index is 0.0692. The van der Waals surface area contributed by atoms with Crippen LogP contribution in [0.3, 0.4) is 0 Å². The number of benzene rings is 10. The molecule has 20 rings (SSSR count). The van der Waals surface area contributed by atoms with E-state index in [0.717, 1.165) is 141 Å². The quantitative estimate of drug-likeness (QED) is 0.0406. The lowest BCUT2D eigenvalue weighted by molar-refractivity contribution is -0.122. The van der Waals surface area contributed by atoms with Crippen LogP contribution in [0.25, 0.3) is 54.5 Å². The number of H-pyrrole nitrogens is 5. The summed E-state index contributed by atoms with van der Waals surface area (Å²) < 4.78 is 50.7. The highest BCUT2D eigenvalue weighted by Gasteiger charge is 2.39. The zero-order valence-electron chi connectivity index (χ0n) is 65.4. The number of fused-ring (bicyclic) bond motifs is 15. The monoisotopic (exact) mass is 1910 g/mol. The van der Waals surface area contributed by atoms with Crippen LogP contribution in [0.15, 0.2) is 220 Å². The number of halogens is 10. The fourth-order valence-electron chi connectivity index (χ4n) is 17.2. The Morgan fingerprint density at radius 1 is 0.421 bits per heavy atom. The molecule has 2 amide bonds. The van der Waals surface area contributed by atoms with Crippen molar-refractivity contribution in [2.75, 3.05) is 53.0 Å². The summed E-state index contributed by atoms with van der Waals surface area (Å²) in [4.78, 5) is 57.2. The van der Waals surface area contributed by atoms with Crippen molar-refractivity contribution in [3.8, 4) is 5.75 Å². The molecule has 0 saturated heterocycles. The van der Waals surface area contributed by atoms with Gasteiger partial charge in [-0.3, -0.25) is 9.80 Å². The zero-order chi connectivity index (χ0) is 84.4. The van der Waals surface area contributed by atoms with Crippen molar-refractivity contribution < 1.29 is 47.3 Å². The number of carbonyl (C=O) groups is 3. The van der Waals surface area contributed by atoms with Gasteiger partial charge in [-0.2, -0.15) is 5.06 Å². The van der Waals surface area contributed by atoms with Crippen LogP contribution >= 0.6 is 106 Å². The van der Waals surface area contributed by atoms with E-state index < -0.39 is 29.9 Å². The van der Waals surface area contributed by atoms with Crippen LogP contribution in [0.4, 0.5) is 23.2 Å². The molecule has 0 saturated carbocycles. The molecule has 5 unspecified atom stereocenters. The smallest absolute Gasteiger partial charge is 0.453 e. The number of hydroxylamine groups is 2. The summed E-state index contributed by atoms with van der Waals surface area (Å²) in [7, 11) is 1.30. The van der Waals surface area contributed by atoms with Crippen LogP contribution in [-0.2, 0) is 46.3 Å². The van der Waals surface area contributed by atoms with E-state index >= 15 is 0 Å². The summed E-state index contributed by atoms with van der Waals surface area (Å²) in [6.45, 7) is 7.48.